The highest BCUT2D eigenvalue weighted by Gasteiger charge is 2.14. The van der Waals surface area contributed by atoms with E-state index in [0.29, 0.717) is 11.3 Å². The normalized spacial score (nSPS) is 11.7. The Morgan fingerprint density at radius 3 is 2.80 bits per heavy atom. The van der Waals surface area contributed by atoms with E-state index in [2.05, 4.69) is 10.3 Å². The summed E-state index contributed by atoms with van der Waals surface area (Å²) in [4.78, 5) is 27.1. The third-order valence-electron chi connectivity index (χ3n) is 2.76. The molecule has 2 rings (SSSR count). The molecule has 0 spiro atoms. The lowest BCUT2D eigenvalue weighted by atomic mass is 10.0. The van der Waals surface area contributed by atoms with E-state index in [1.165, 1.54) is 11.3 Å². The Hall–Kier alpha value is -2.25. The monoisotopic (exact) mass is 291 g/mol. The Labute approximate surface area is 119 Å². The minimum atomic E-state index is -0.593. The van der Waals surface area contributed by atoms with E-state index in [4.69, 9.17) is 5.21 Å². The summed E-state index contributed by atoms with van der Waals surface area (Å²) in [7, 11) is 0. The molecule has 1 heterocycles. The fourth-order valence-electron chi connectivity index (χ4n) is 1.69. The maximum Gasteiger partial charge on any atom is 0.274 e. The van der Waals surface area contributed by atoms with E-state index in [0.717, 1.165) is 5.56 Å². The van der Waals surface area contributed by atoms with Crippen LogP contribution in [-0.4, -0.2) is 22.0 Å². The third-order valence-corrected chi connectivity index (χ3v) is 3.35. The summed E-state index contributed by atoms with van der Waals surface area (Å²) in [5.74, 6) is -0.861. The summed E-state index contributed by atoms with van der Waals surface area (Å²) in [5, 5.41) is 13.1. The van der Waals surface area contributed by atoms with Gasteiger partial charge in [0.1, 0.15) is 5.69 Å². The van der Waals surface area contributed by atoms with Crippen LogP contribution in [0.1, 0.15) is 39.4 Å². The number of carbonyl (C=O) groups excluding carboxylic acids is 2. The van der Waals surface area contributed by atoms with Gasteiger partial charge >= 0.3 is 0 Å². The van der Waals surface area contributed by atoms with Crippen molar-refractivity contribution in [3.05, 3.63) is 52.0 Å². The standard InChI is InChI=1S/C13H13N3O3S/c1-8(15-13(18)11-6-20-7-14-11)9-3-2-4-10(5-9)12(17)16-19/h2-8,19H,1H3,(H,15,18)(H,16,17). The minimum Gasteiger partial charge on any atom is -0.344 e. The van der Waals surface area contributed by atoms with Crippen LogP contribution in [0.2, 0.25) is 0 Å². The Bertz CT molecular complexity index is 613. The average Bonchev–Trinajstić information content (AvgIpc) is 3.00. The maximum absolute atomic E-state index is 11.9. The van der Waals surface area contributed by atoms with Gasteiger partial charge in [-0.2, -0.15) is 0 Å². The molecule has 104 valence electrons. The number of carbonyl (C=O) groups is 2. The topological polar surface area (TPSA) is 91.3 Å². The van der Waals surface area contributed by atoms with Crippen LogP contribution in [0.15, 0.2) is 35.2 Å². The van der Waals surface area contributed by atoms with Gasteiger partial charge < -0.3 is 5.32 Å². The van der Waals surface area contributed by atoms with Crippen molar-refractivity contribution in [3.8, 4) is 0 Å². The maximum atomic E-state index is 11.9. The second-order valence-electron chi connectivity index (χ2n) is 4.14. The first-order chi connectivity index (χ1) is 9.61. The number of thiazole rings is 1. The quantitative estimate of drug-likeness (QED) is 0.591. The van der Waals surface area contributed by atoms with Crippen LogP contribution in [0, 0.1) is 0 Å². The molecular weight excluding hydrogens is 278 g/mol. The van der Waals surface area contributed by atoms with E-state index < -0.39 is 5.91 Å². The second-order valence-corrected chi connectivity index (χ2v) is 4.85. The molecule has 0 saturated carbocycles. The zero-order valence-corrected chi connectivity index (χ0v) is 11.5. The smallest absolute Gasteiger partial charge is 0.274 e. The van der Waals surface area contributed by atoms with Gasteiger partial charge in [-0.3, -0.25) is 14.8 Å². The number of amides is 2. The van der Waals surface area contributed by atoms with Crippen LogP contribution in [0.5, 0.6) is 0 Å². The number of hydroxylamine groups is 1. The summed E-state index contributed by atoms with van der Waals surface area (Å²) >= 11 is 1.35. The molecule has 20 heavy (non-hydrogen) atoms. The molecule has 1 unspecified atom stereocenters. The largest absolute Gasteiger partial charge is 0.344 e. The number of hydrogen-bond donors (Lipinski definition) is 3. The SMILES string of the molecule is CC(NC(=O)c1cscn1)c1cccc(C(=O)NO)c1. The zero-order chi connectivity index (χ0) is 14.5. The van der Waals surface area contributed by atoms with Crippen LogP contribution >= 0.6 is 11.3 Å². The summed E-state index contributed by atoms with van der Waals surface area (Å²) in [6.45, 7) is 1.81. The van der Waals surface area contributed by atoms with Crippen LogP contribution < -0.4 is 10.8 Å². The van der Waals surface area contributed by atoms with Gasteiger partial charge in [0.15, 0.2) is 0 Å². The van der Waals surface area contributed by atoms with Crippen LogP contribution in [0.3, 0.4) is 0 Å². The number of hydrogen-bond acceptors (Lipinski definition) is 5. The predicted octanol–water partition coefficient (Wildman–Crippen LogP) is 1.75. The van der Waals surface area contributed by atoms with Crippen molar-refractivity contribution in [2.45, 2.75) is 13.0 Å². The van der Waals surface area contributed by atoms with E-state index in [1.807, 2.05) is 0 Å². The Morgan fingerprint density at radius 1 is 1.35 bits per heavy atom. The Balaban J connectivity index is 2.11. The molecule has 0 aliphatic carbocycles. The lowest BCUT2D eigenvalue weighted by Crippen LogP contribution is -2.27. The van der Waals surface area contributed by atoms with Crippen molar-refractivity contribution >= 4 is 23.2 Å². The molecule has 0 bridgehead atoms. The molecule has 0 aliphatic rings. The van der Waals surface area contributed by atoms with E-state index >= 15 is 0 Å². The van der Waals surface area contributed by atoms with Crippen LogP contribution in [-0.2, 0) is 0 Å². The van der Waals surface area contributed by atoms with Gasteiger partial charge in [0.05, 0.1) is 11.6 Å². The van der Waals surface area contributed by atoms with Crippen LogP contribution in [0.25, 0.3) is 0 Å². The first-order valence-corrected chi connectivity index (χ1v) is 6.79. The third kappa shape index (κ3) is 3.19. The molecule has 0 radical (unpaired) electrons. The van der Waals surface area contributed by atoms with Gasteiger partial charge in [0, 0.05) is 10.9 Å². The van der Waals surface area contributed by atoms with E-state index in [9.17, 15) is 9.59 Å². The molecular formula is C13H13N3O3S. The van der Waals surface area contributed by atoms with Crippen molar-refractivity contribution < 1.29 is 14.8 Å². The van der Waals surface area contributed by atoms with Crippen molar-refractivity contribution in [2.75, 3.05) is 0 Å². The molecule has 1 aromatic heterocycles. The number of benzene rings is 1. The first kappa shape index (κ1) is 14.2. The highest BCUT2D eigenvalue weighted by Crippen LogP contribution is 2.15. The number of nitrogens with zero attached hydrogens (tertiary/aromatic N) is 1. The minimum absolute atomic E-state index is 0.268. The van der Waals surface area contributed by atoms with Gasteiger partial charge in [-0.25, -0.2) is 10.5 Å². The lowest BCUT2D eigenvalue weighted by molar-refractivity contribution is 0.0706. The fraction of sp³-hybridized carbons (Fsp3) is 0.154. The van der Waals surface area contributed by atoms with Gasteiger partial charge in [-0.1, -0.05) is 12.1 Å². The first-order valence-electron chi connectivity index (χ1n) is 5.85. The highest BCUT2D eigenvalue weighted by atomic mass is 32.1. The van der Waals surface area contributed by atoms with E-state index in [1.54, 1.807) is 47.6 Å². The molecule has 0 aliphatic heterocycles. The van der Waals surface area contributed by atoms with Gasteiger partial charge in [-0.05, 0) is 24.6 Å². The highest BCUT2D eigenvalue weighted by molar-refractivity contribution is 7.07. The van der Waals surface area contributed by atoms with Crippen molar-refractivity contribution in [2.24, 2.45) is 0 Å². The summed E-state index contributed by atoms with van der Waals surface area (Å²) in [6.07, 6.45) is 0. The van der Waals surface area contributed by atoms with Crippen molar-refractivity contribution in [3.63, 3.8) is 0 Å². The van der Waals surface area contributed by atoms with E-state index in [-0.39, 0.29) is 11.9 Å². The fourth-order valence-corrected chi connectivity index (χ4v) is 2.22. The van der Waals surface area contributed by atoms with Gasteiger partial charge in [0.2, 0.25) is 0 Å². The average molecular weight is 291 g/mol. The van der Waals surface area contributed by atoms with Gasteiger partial charge in [0.25, 0.3) is 11.8 Å². The number of nitrogens with one attached hydrogen (secondary N) is 2. The van der Waals surface area contributed by atoms with Crippen LogP contribution in [0.4, 0.5) is 0 Å². The van der Waals surface area contributed by atoms with Crippen molar-refractivity contribution in [1.82, 2.24) is 15.8 Å². The molecule has 2 amide bonds. The summed E-state index contributed by atoms with van der Waals surface area (Å²) < 4.78 is 0. The molecule has 3 N–H and O–H groups in total. The van der Waals surface area contributed by atoms with Crippen molar-refractivity contribution in [1.29, 1.82) is 0 Å². The molecule has 1 aromatic carbocycles. The molecule has 7 heteroatoms. The molecule has 2 aromatic rings. The Morgan fingerprint density at radius 2 is 2.15 bits per heavy atom. The second kappa shape index (κ2) is 6.27. The molecule has 6 nitrogen and oxygen atoms in total. The van der Waals surface area contributed by atoms with Gasteiger partial charge in [-0.15, -0.1) is 11.3 Å². The molecule has 0 saturated heterocycles. The zero-order valence-electron chi connectivity index (χ0n) is 10.7. The molecule has 0 fully saturated rings. The number of aromatic nitrogens is 1. The summed E-state index contributed by atoms with van der Waals surface area (Å²) in [6, 6.07) is 6.38. The lowest BCUT2D eigenvalue weighted by Gasteiger charge is -2.14. The summed E-state index contributed by atoms with van der Waals surface area (Å²) in [5.41, 5.74) is 4.61. The number of rotatable bonds is 4. The Kier molecular flexibility index (Phi) is 4.44. The molecule has 1 atom stereocenters. The predicted molar refractivity (Wildman–Crippen MR) is 73.7 cm³/mol.